The van der Waals surface area contributed by atoms with Crippen molar-refractivity contribution in [3.8, 4) is 17.2 Å². The Morgan fingerprint density at radius 1 is 0.769 bits per heavy atom. The zero-order chi connectivity index (χ0) is 29.0. The molecule has 0 spiro atoms. The highest BCUT2D eigenvalue weighted by atomic mass is 19.4. The molecule has 0 aromatic heterocycles. The van der Waals surface area contributed by atoms with Crippen molar-refractivity contribution in [1.29, 1.82) is 0 Å². The zero-order valence-electron chi connectivity index (χ0n) is 19.1. The van der Waals surface area contributed by atoms with Gasteiger partial charge in [-0.15, -0.1) is 13.2 Å². The van der Waals surface area contributed by atoms with Gasteiger partial charge in [0.2, 0.25) is 0 Å². The number of halogens is 10. The van der Waals surface area contributed by atoms with Gasteiger partial charge in [0.1, 0.15) is 28.7 Å². The van der Waals surface area contributed by atoms with Crippen molar-refractivity contribution in [2.24, 2.45) is 0 Å². The number of rotatable bonds is 9. The summed E-state index contributed by atoms with van der Waals surface area (Å²) in [6, 6.07) is 6.70. The highest BCUT2D eigenvalue weighted by Gasteiger charge is 2.42. The van der Waals surface area contributed by atoms with Gasteiger partial charge in [-0.05, 0) is 48.7 Å². The Hall–Kier alpha value is -4.23. The van der Waals surface area contributed by atoms with Crippen LogP contribution in [0.4, 0.5) is 43.9 Å². The van der Waals surface area contributed by atoms with Crippen LogP contribution in [0.3, 0.4) is 0 Å². The molecule has 0 radical (unpaired) electrons. The second-order valence-electron chi connectivity index (χ2n) is 7.64. The summed E-state index contributed by atoms with van der Waals surface area (Å²) >= 11 is 0. The Morgan fingerprint density at radius 3 is 1.90 bits per heavy atom. The number of alkyl halides is 5. The van der Waals surface area contributed by atoms with E-state index in [1.54, 1.807) is 0 Å². The molecule has 3 rings (SSSR count). The van der Waals surface area contributed by atoms with Gasteiger partial charge in [0.05, 0.1) is 5.56 Å². The largest absolute Gasteiger partial charge is 0.573 e. The third kappa shape index (κ3) is 8.12. The van der Waals surface area contributed by atoms with Gasteiger partial charge in [-0.2, -0.15) is 17.6 Å². The van der Waals surface area contributed by atoms with Crippen molar-refractivity contribution in [3.05, 3.63) is 101 Å². The van der Waals surface area contributed by atoms with Gasteiger partial charge < -0.3 is 14.2 Å². The van der Waals surface area contributed by atoms with Crippen LogP contribution in [-0.4, -0.2) is 12.3 Å². The summed E-state index contributed by atoms with van der Waals surface area (Å²) in [6.07, 6.45) is -10.9. The lowest BCUT2D eigenvalue weighted by molar-refractivity contribution is -0.275. The maximum absolute atomic E-state index is 14.5. The van der Waals surface area contributed by atoms with Crippen LogP contribution in [0.5, 0.6) is 17.2 Å². The standard InChI is InChI=1S/C25H14F10O4/c26-17-10-15(8-9-20(17)39-25(33,34)35)38-24(31,32)22-18(27)11-16(12-19(22)28)37-23(36)14-6-4-13(5-7-14)2-1-3-21(29)30/h3-12H,1-2H2. The Bertz CT molecular complexity index is 1340. The normalized spacial score (nSPS) is 11.6. The highest BCUT2D eigenvalue weighted by molar-refractivity contribution is 5.91. The average molecular weight is 568 g/mol. The molecule has 0 aliphatic carbocycles. The fraction of sp³-hybridized carbons (Fsp3) is 0.160. The second-order valence-corrected chi connectivity index (χ2v) is 7.64. The van der Waals surface area contributed by atoms with Gasteiger partial charge in [-0.25, -0.2) is 18.0 Å². The predicted molar refractivity (Wildman–Crippen MR) is 114 cm³/mol. The molecule has 0 unspecified atom stereocenters. The third-order valence-electron chi connectivity index (χ3n) is 4.81. The van der Waals surface area contributed by atoms with Gasteiger partial charge >= 0.3 is 18.4 Å². The van der Waals surface area contributed by atoms with Crippen LogP contribution in [0.15, 0.2) is 66.8 Å². The van der Waals surface area contributed by atoms with Crippen LogP contribution in [-0.2, 0) is 12.5 Å². The Morgan fingerprint density at radius 2 is 1.36 bits per heavy atom. The number of hydrogen-bond acceptors (Lipinski definition) is 4. The maximum atomic E-state index is 14.5. The molecule has 0 amide bonds. The van der Waals surface area contributed by atoms with Crippen LogP contribution in [0.1, 0.15) is 27.9 Å². The van der Waals surface area contributed by atoms with Crippen molar-refractivity contribution in [3.63, 3.8) is 0 Å². The van der Waals surface area contributed by atoms with Crippen molar-refractivity contribution in [2.45, 2.75) is 25.3 Å². The van der Waals surface area contributed by atoms with E-state index < -0.39 is 64.8 Å². The second kappa shape index (κ2) is 11.7. The van der Waals surface area contributed by atoms with E-state index in [9.17, 15) is 48.7 Å². The van der Waals surface area contributed by atoms with Crippen LogP contribution in [0.25, 0.3) is 0 Å². The summed E-state index contributed by atoms with van der Waals surface area (Å²) in [5.74, 6) is -9.98. The molecule has 0 N–H and O–H groups in total. The molecular formula is C25H14F10O4. The number of aryl methyl sites for hydroxylation is 1. The smallest absolute Gasteiger partial charge is 0.429 e. The average Bonchev–Trinajstić information content (AvgIpc) is 2.79. The number of carbonyl (C=O) groups is 1. The van der Waals surface area contributed by atoms with E-state index in [2.05, 4.69) is 9.47 Å². The van der Waals surface area contributed by atoms with Crippen molar-refractivity contribution >= 4 is 5.97 Å². The number of allylic oxidation sites excluding steroid dienone is 1. The van der Waals surface area contributed by atoms with Gasteiger partial charge in [-0.3, -0.25) is 0 Å². The van der Waals surface area contributed by atoms with E-state index in [-0.39, 0.29) is 36.6 Å². The SMILES string of the molecule is O=C(Oc1cc(F)c(C(F)(F)Oc2ccc(OC(F)(F)F)c(F)c2)c(F)c1)c1ccc(CCC=C(F)F)cc1. The molecule has 0 aliphatic rings. The summed E-state index contributed by atoms with van der Waals surface area (Å²) in [6.45, 7) is 0. The summed E-state index contributed by atoms with van der Waals surface area (Å²) < 4.78 is 145. The molecule has 39 heavy (non-hydrogen) atoms. The van der Waals surface area contributed by atoms with E-state index in [1.165, 1.54) is 24.3 Å². The van der Waals surface area contributed by atoms with Crippen molar-refractivity contribution in [2.75, 3.05) is 0 Å². The molecule has 3 aromatic rings. The first-order chi connectivity index (χ1) is 18.1. The quantitative estimate of drug-likeness (QED) is 0.149. The minimum atomic E-state index is -5.27. The molecule has 0 saturated heterocycles. The molecule has 0 atom stereocenters. The molecule has 0 fully saturated rings. The molecule has 0 aliphatic heterocycles. The fourth-order valence-electron chi connectivity index (χ4n) is 3.16. The summed E-state index contributed by atoms with van der Waals surface area (Å²) in [4.78, 5) is 12.3. The molecule has 0 saturated carbocycles. The molecule has 0 heterocycles. The van der Waals surface area contributed by atoms with Crippen molar-refractivity contribution < 1.29 is 62.9 Å². The van der Waals surface area contributed by atoms with Crippen LogP contribution < -0.4 is 14.2 Å². The Labute approximate surface area is 213 Å². The lowest BCUT2D eigenvalue weighted by Crippen LogP contribution is -2.25. The zero-order valence-corrected chi connectivity index (χ0v) is 19.1. The van der Waals surface area contributed by atoms with Gasteiger partial charge in [0, 0.05) is 18.2 Å². The predicted octanol–water partition coefficient (Wildman–Crippen LogP) is 8.06. The Kier molecular flexibility index (Phi) is 8.77. The van der Waals surface area contributed by atoms with E-state index in [1.807, 2.05) is 0 Å². The van der Waals surface area contributed by atoms with Crippen molar-refractivity contribution in [1.82, 2.24) is 0 Å². The number of benzene rings is 3. The monoisotopic (exact) mass is 568 g/mol. The molecule has 4 nitrogen and oxygen atoms in total. The Balaban J connectivity index is 1.73. The van der Waals surface area contributed by atoms with E-state index >= 15 is 0 Å². The van der Waals surface area contributed by atoms with E-state index in [0.29, 0.717) is 23.8 Å². The topological polar surface area (TPSA) is 44.8 Å². The van der Waals surface area contributed by atoms with Gasteiger partial charge in [0.15, 0.2) is 11.6 Å². The van der Waals surface area contributed by atoms with Gasteiger partial charge in [0.25, 0.3) is 6.08 Å². The summed E-state index contributed by atoms with van der Waals surface area (Å²) in [5, 5.41) is 0. The lowest BCUT2D eigenvalue weighted by Gasteiger charge is -2.20. The van der Waals surface area contributed by atoms with Crippen LogP contribution in [0, 0.1) is 17.5 Å². The maximum Gasteiger partial charge on any atom is 0.573 e. The lowest BCUT2D eigenvalue weighted by atomic mass is 10.1. The number of esters is 1. The summed E-state index contributed by atoms with van der Waals surface area (Å²) in [5.41, 5.74) is -1.47. The minimum absolute atomic E-state index is 0.0398. The molecule has 3 aromatic carbocycles. The van der Waals surface area contributed by atoms with Crippen LogP contribution in [0.2, 0.25) is 0 Å². The first-order valence-electron chi connectivity index (χ1n) is 10.6. The molecular weight excluding hydrogens is 554 g/mol. The van der Waals surface area contributed by atoms with E-state index in [0.717, 1.165) is 0 Å². The van der Waals surface area contributed by atoms with Crippen LogP contribution >= 0.6 is 0 Å². The number of carbonyl (C=O) groups excluding carboxylic acids is 1. The fourth-order valence-corrected chi connectivity index (χ4v) is 3.16. The first-order valence-corrected chi connectivity index (χ1v) is 10.6. The van der Waals surface area contributed by atoms with Gasteiger partial charge in [-0.1, -0.05) is 12.1 Å². The highest BCUT2D eigenvalue weighted by Crippen LogP contribution is 2.38. The van der Waals surface area contributed by atoms with E-state index in [4.69, 9.17) is 4.74 Å². The molecule has 0 bridgehead atoms. The third-order valence-corrected chi connectivity index (χ3v) is 4.81. The molecule has 208 valence electrons. The number of hydrogen-bond donors (Lipinski definition) is 0. The number of ether oxygens (including phenoxy) is 3. The molecule has 14 heteroatoms. The minimum Gasteiger partial charge on any atom is -0.429 e. The first kappa shape index (κ1) is 29.3. The summed E-state index contributed by atoms with van der Waals surface area (Å²) in [7, 11) is 0.